The number of carbonyl (C=O) groups is 18. The van der Waals surface area contributed by atoms with Crippen molar-refractivity contribution in [2.24, 2.45) is 46.4 Å². The lowest BCUT2D eigenvalue weighted by atomic mass is 9.93. The number of amides is 15. The number of hydrogen-bond donors (Lipinski definition) is 17. The predicted molar refractivity (Wildman–Crippen MR) is 387 cm³/mol. The molecule has 41 nitrogen and oxygen atoms in total. The van der Waals surface area contributed by atoms with E-state index < -0.39 is 278 Å². The van der Waals surface area contributed by atoms with Gasteiger partial charge in [0, 0.05) is 45.4 Å². The number of fused-ring (bicyclic) bond motifs is 3. The highest BCUT2D eigenvalue weighted by Crippen LogP contribution is 2.40. The van der Waals surface area contributed by atoms with Gasteiger partial charge in [-0.25, -0.2) is 4.79 Å². The number of nitrogens with one attached hydrogen (secondary N) is 7. The fraction of sp³-hybridized carbons (Fsp3) is 0.743. The first-order valence-electron chi connectivity index (χ1n) is 37.6. The van der Waals surface area contributed by atoms with E-state index in [0.29, 0.717) is 17.7 Å². The highest BCUT2D eigenvalue weighted by Gasteiger charge is 2.64. The van der Waals surface area contributed by atoms with Gasteiger partial charge in [0.2, 0.25) is 76.8 Å². The molecular weight excluding hydrogens is 1460 g/mol. The molecule has 4 aliphatic rings. The average molecular weight is 1580 g/mol. The molecule has 2 bridgehead atoms. The molecule has 0 radical (unpaired) electrons. The van der Waals surface area contributed by atoms with Gasteiger partial charge in [0.15, 0.2) is 24.4 Å². The quantitative estimate of drug-likeness (QED) is 0.0203. The molecule has 4 saturated heterocycles. The first-order chi connectivity index (χ1) is 52.1. The third-order valence-corrected chi connectivity index (χ3v) is 20.0. The maximum atomic E-state index is 16.2. The molecule has 111 heavy (non-hydrogen) atoms. The van der Waals surface area contributed by atoms with Crippen molar-refractivity contribution in [1.82, 2.24) is 56.8 Å². The van der Waals surface area contributed by atoms with Crippen molar-refractivity contribution in [3.05, 3.63) is 0 Å². The van der Waals surface area contributed by atoms with Crippen LogP contribution in [0.15, 0.2) is 0 Å². The van der Waals surface area contributed by atoms with Crippen LogP contribution in [0.25, 0.3) is 0 Å². The molecule has 4 aliphatic heterocycles. The van der Waals surface area contributed by atoms with Crippen molar-refractivity contribution < 1.29 is 121 Å². The van der Waals surface area contributed by atoms with E-state index in [2.05, 4.69) is 37.2 Å². The van der Waals surface area contributed by atoms with Gasteiger partial charge in [0.05, 0.1) is 31.0 Å². The molecule has 0 aromatic carbocycles. The van der Waals surface area contributed by atoms with Crippen molar-refractivity contribution >= 4 is 107 Å². The Bertz CT molecular complexity index is 3380. The maximum Gasteiger partial charge on any atom is 0.329 e. The van der Waals surface area contributed by atoms with E-state index in [-0.39, 0.29) is 64.5 Å². The van der Waals surface area contributed by atoms with Gasteiger partial charge in [-0.15, -0.1) is 0 Å². The second-order valence-electron chi connectivity index (χ2n) is 29.4. The van der Waals surface area contributed by atoms with Crippen LogP contribution in [-0.2, 0) is 95.8 Å². The van der Waals surface area contributed by atoms with E-state index >= 15 is 24.0 Å². The lowest BCUT2D eigenvalue weighted by Gasteiger charge is -2.40. The van der Waals surface area contributed by atoms with E-state index in [1.165, 1.54) is 27.7 Å². The zero-order chi connectivity index (χ0) is 83.7. The van der Waals surface area contributed by atoms with Gasteiger partial charge in [-0.05, 0) is 96.4 Å². The van der Waals surface area contributed by atoms with Crippen LogP contribution in [0.1, 0.15) is 177 Å². The Morgan fingerprint density at radius 2 is 1.30 bits per heavy atom. The summed E-state index contributed by atoms with van der Waals surface area (Å²) < 4.78 is 11.9. The number of likely N-dealkylation sites (tertiary alicyclic amines) is 1. The number of nitrogens with zero attached hydrogens (tertiary/aromatic N) is 4. The normalized spacial score (nSPS) is 26.4. The van der Waals surface area contributed by atoms with Crippen molar-refractivity contribution in [2.75, 3.05) is 26.7 Å². The van der Waals surface area contributed by atoms with Crippen LogP contribution in [0.4, 0.5) is 0 Å². The number of piperidine rings is 1. The Morgan fingerprint density at radius 1 is 0.667 bits per heavy atom. The van der Waals surface area contributed by atoms with E-state index in [1.54, 1.807) is 13.8 Å². The smallest absolute Gasteiger partial charge is 0.329 e. The van der Waals surface area contributed by atoms with Gasteiger partial charge >= 0.3 is 17.9 Å². The summed E-state index contributed by atoms with van der Waals surface area (Å²) in [7, 11) is 1.09. The molecule has 19 atom stereocenters. The summed E-state index contributed by atoms with van der Waals surface area (Å²) in [6, 6.07) is -25.6. The van der Waals surface area contributed by atoms with Crippen molar-refractivity contribution in [2.45, 2.75) is 286 Å². The molecule has 4 heterocycles. The van der Waals surface area contributed by atoms with Crippen LogP contribution < -0.4 is 65.9 Å². The summed E-state index contributed by atoms with van der Waals surface area (Å²) in [6.07, 6.45) is -13.1. The first kappa shape index (κ1) is 93.6. The van der Waals surface area contributed by atoms with Gasteiger partial charge < -0.3 is 120 Å². The lowest BCUT2D eigenvalue weighted by Crippen LogP contribution is -2.64. The van der Waals surface area contributed by atoms with Crippen LogP contribution in [-0.4, -0.2) is 287 Å². The number of aliphatic hydroxyl groups excluding tert-OH is 3. The third kappa shape index (κ3) is 25.7. The first-order valence-corrected chi connectivity index (χ1v) is 37.6. The molecule has 22 N–H and O–H groups in total. The minimum Gasteiger partial charge on any atom is -0.481 e. The lowest BCUT2D eigenvalue weighted by molar-refractivity contribution is -0.168. The van der Waals surface area contributed by atoms with Gasteiger partial charge in [0.25, 0.3) is 11.8 Å². The Kier molecular flexibility index (Phi) is 36.9. The minimum absolute atomic E-state index is 0.0570. The zero-order valence-electron chi connectivity index (χ0n) is 64.3. The predicted octanol–water partition coefficient (Wildman–Crippen LogP) is -6.54. The SMILES string of the molecule is CCCCCCCC(=O)N[C@H](CC(=O)O)C(=O)N[C@@H](CCC(N)=O)[C@@H](O)[C@@H](O)C(=O)N[C@@H]1C(=O)N([C@H]2C(=O)N3C([C@@H](C)O)C(=O)N[C@H](CCCCN)C(=O)N[C@@H](CC(C)C)C(=O)N(C)[C@@H](CCC(N)=O)C(=O)N[C@@H]([C@H](OCC)C(N)=O)C(=O)N[C@H](CC(=O)O)C(=O)N4CCCC[C@H]4C(=O)O[C@@H]2[C@H]3C(C)C)[C@@H](C(N)=O)[C@@H]1C. The van der Waals surface area contributed by atoms with Gasteiger partial charge in [-0.2, -0.15) is 0 Å². The number of rotatable bonds is 37. The monoisotopic (exact) mass is 1580 g/mol. The Hall–Kier alpha value is -9.74. The Morgan fingerprint density at radius 3 is 1.86 bits per heavy atom. The molecule has 624 valence electrons. The van der Waals surface area contributed by atoms with Crippen LogP contribution in [0.5, 0.6) is 0 Å². The standard InChI is InChI=1S/C70H114N16O25/c1-10-12-13-14-15-22-45(90)76-38(30-46(91)92)61(100)77-36(23-25-43(72)88)54(95)55(96)65(104)81-48-34(7)51(58(74)97)86(68(48)107)53-57-50(33(5)6)85(69(53)108)52(35(8)87)64(103)78-37(20-16-18-27-71)60(99)79-39(29-32(3)4)66(105)83(9)41(24-26-44(73)89)62(101)82-49(56(59(75)98)110-11-2)63(102)80-40(31-47(93)94)67(106)84-28-19-17-21-42(84)70(109)111-57/h32-42,48-57,87,95-96H,10-31,71H2,1-9H3,(H2,72,88)(H2,73,89)(H2,74,97)(H2,75,98)(H,76,90)(H,77,100)(H,78,103)(H,79,99)(H,80,102)(H,81,104)(H,82,101)(H,91,92)(H,93,94)/t34-,35-,36+,37-,38-,39+,40-,41+,42+,48+,49+,50-,51-,52?,53-,54-,55-,56+,57-/m1/s1. The maximum absolute atomic E-state index is 16.2. The summed E-state index contributed by atoms with van der Waals surface area (Å²) in [6.45, 7) is 11.0. The van der Waals surface area contributed by atoms with Crippen molar-refractivity contribution in [1.29, 1.82) is 0 Å². The van der Waals surface area contributed by atoms with E-state index in [1.807, 2.05) is 6.92 Å². The number of carboxylic acids is 2. The number of nitrogens with two attached hydrogens (primary N) is 5. The van der Waals surface area contributed by atoms with Gasteiger partial charge in [-0.1, -0.05) is 67.2 Å². The number of aliphatic carboxylic acids is 2. The van der Waals surface area contributed by atoms with Crippen LogP contribution in [0.2, 0.25) is 0 Å². The van der Waals surface area contributed by atoms with Crippen molar-refractivity contribution in [3.8, 4) is 0 Å². The van der Waals surface area contributed by atoms with Crippen LogP contribution in [0.3, 0.4) is 0 Å². The fourth-order valence-corrected chi connectivity index (χ4v) is 14.4. The largest absolute Gasteiger partial charge is 0.481 e. The van der Waals surface area contributed by atoms with Gasteiger partial charge in [-0.3, -0.25) is 81.5 Å². The Balaban J connectivity index is 2.02. The molecule has 0 aliphatic carbocycles. The number of hydrogen-bond acceptors (Lipinski definition) is 24. The molecule has 0 saturated carbocycles. The molecule has 4 fully saturated rings. The van der Waals surface area contributed by atoms with Gasteiger partial charge in [0.1, 0.15) is 66.5 Å². The highest BCUT2D eigenvalue weighted by molar-refractivity contribution is 6.04. The van der Waals surface area contributed by atoms with Crippen molar-refractivity contribution in [3.63, 3.8) is 0 Å². The molecule has 15 amide bonds. The molecule has 0 aromatic rings. The molecule has 41 heteroatoms. The number of ether oxygens (including phenoxy) is 2. The number of carbonyl (C=O) groups excluding carboxylic acids is 16. The molecule has 0 aromatic heterocycles. The second kappa shape index (κ2) is 43.8. The molecule has 4 rings (SSSR count). The highest BCUT2D eigenvalue weighted by atomic mass is 16.6. The summed E-state index contributed by atoms with van der Waals surface area (Å²) in [5.74, 6) is -26.6. The summed E-state index contributed by atoms with van der Waals surface area (Å²) in [5, 5.41) is 71.9. The molecular formula is C70H114N16O25. The summed E-state index contributed by atoms with van der Waals surface area (Å²) in [5.41, 5.74) is 28.7. The number of primary amides is 4. The average Bonchev–Trinajstić information content (AvgIpc) is 1.57. The number of likely N-dealkylation sites (N-methyl/N-ethyl adjacent to an activating group) is 1. The minimum atomic E-state index is -2.72. The van der Waals surface area contributed by atoms with E-state index in [4.69, 9.17) is 38.1 Å². The second-order valence-corrected chi connectivity index (χ2v) is 29.4. The Labute approximate surface area is 642 Å². The van der Waals surface area contributed by atoms with Crippen LogP contribution >= 0.6 is 0 Å². The summed E-state index contributed by atoms with van der Waals surface area (Å²) in [4.78, 5) is 258. The molecule has 0 spiro atoms. The zero-order valence-corrected chi connectivity index (χ0v) is 64.3. The molecule has 1 unspecified atom stereocenters. The van der Waals surface area contributed by atoms with Crippen LogP contribution in [0, 0.1) is 17.8 Å². The number of esters is 1. The van der Waals surface area contributed by atoms with E-state index in [0.717, 1.165) is 47.9 Å². The summed E-state index contributed by atoms with van der Waals surface area (Å²) >= 11 is 0. The fourth-order valence-electron chi connectivity index (χ4n) is 14.4. The number of unbranched alkanes of at least 4 members (excludes halogenated alkanes) is 5. The number of aliphatic hydroxyl groups is 3. The topological polar surface area (TPSA) is 654 Å². The number of carboxylic acid groups (broad SMARTS) is 2. The van der Waals surface area contributed by atoms with E-state index in [9.17, 15) is 87.9 Å². The third-order valence-electron chi connectivity index (χ3n) is 20.0.